The zero-order valence-corrected chi connectivity index (χ0v) is 19.7. The molecule has 8 N–H and O–H groups in total. The van der Waals surface area contributed by atoms with Gasteiger partial charge in [0.25, 0.3) is 0 Å². The third-order valence-corrected chi connectivity index (χ3v) is 5.50. The lowest BCUT2D eigenvalue weighted by atomic mass is 9.91. The molecule has 2 aromatic rings. The lowest BCUT2D eigenvalue weighted by Crippen LogP contribution is -2.43. The molecule has 0 aliphatic heterocycles. The van der Waals surface area contributed by atoms with E-state index in [2.05, 4.69) is 31.3 Å². The monoisotopic (exact) mass is 504 g/mol. The highest BCUT2D eigenvalue weighted by molar-refractivity contribution is 6.31. The highest BCUT2D eigenvalue weighted by Crippen LogP contribution is 2.24. The second kappa shape index (κ2) is 12.1. The summed E-state index contributed by atoms with van der Waals surface area (Å²) in [6.45, 7) is 0. The van der Waals surface area contributed by atoms with E-state index < -0.39 is 12.1 Å². The molecule has 1 saturated carbocycles. The maximum absolute atomic E-state index is 12.2. The van der Waals surface area contributed by atoms with E-state index in [4.69, 9.17) is 34.7 Å². The molecule has 2 aromatic carbocycles. The number of rotatable bonds is 4. The molecule has 4 amide bonds. The standard InChI is InChI=1S/C22H26Cl2N8O2/c23-13-5-9-15(10-6-13)27-21(33)31-19(25)29-17-3-1-2-4-18(17)30-20(26)32-22(34)28-16-11-7-14(24)8-12-16/h5-12,17-18H,1-4H2,(H4,25,27,29,31,33)(H4,26,28,30,32,34)/t17-,18-/m1/s1. The van der Waals surface area contributed by atoms with Crippen molar-refractivity contribution < 1.29 is 9.59 Å². The number of benzene rings is 2. The number of carbonyl (C=O) groups excluding carboxylic acids is 2. The SMILES string of the molecule is NC(=N[C@@H]1CCCC[C@H]1N=C(N)NC(=O)Nc1ccc(Cl)cc1)NC(=O)Nc1ccc(Cl)cc1. The smallest absolute Gasteiger partial charge is 0.325 e. The first-order valence-corrected chi connectivity index (χ1v) is 11.4. The average molecular weight is 505 g/mol. The summed E-state index contributed by atoms with van der Waals surface area (Å²) >= 11 is 11.7. The van der Waals surface area contributed by atoms with Crippen molar-refractivity contribution >= 4 is 58.6 Å². The molecule has 1 aliphatic rings. The average Bonchev–Trinajstić information content (AvgIpc) is 2.78. The lowest BCUT2D eigenvalue weighted by molar-refractivity contribution is 0.255. The summed E-state index contributed by atoms with van der Waals surface area (Å²) in [5.41, 5.74) is 13.0. The van der Waals surface area contributed by atoms with Crippen molar-refractivity contribution in [2.24, 2.45) is 21.5 Å². The molecular weight excluding hydrogens is 479 g/mol. The molecular formula is C22H26Cl2N8O2. The topological polar surface area (TPSA) is 159 Å². The zero-order chi connectivity index (χ0) is 24.5. The third kappa shape index (κ3) is 8.13. The Morgan fingerprint density at radius 1 is 0.706 bits per heavy atom. The van der Waals surface area contributed by atoms with Crippen LogP contribution in [-0.2, 0) is 0 Å². The van der Waals surface area contributed by atoms with Gasteiger partial charge < -0.3 is 22.1 Å². The number of halogens is 2. The fourth-order valence-electron chi connectivity index (χ4n) is 3.44. The molecule has 3 rings (SSSR count). The lowest BCUT2D eigenvalue weighted by Gasteiger charge is -2.26. The van der Waals surface area contributed by atoms with E-state index in [9.17, 15) is 9.59 Å². The van der Waals surface area contributed by atoms with Gasteiger partial charge >= 0.3 is 12.1 Å². The minimum Gasteiger partial charge on any atom is -0.370 e. The number of nitrogens with zero attached hydrogens (tertiary/aromatic N) is 2. The second-order valence-electron chi connectivity index (χ2n) is 7.62. The minimum absolute atomic E-state index is 0.0365. The Bertz CT molecular complexity index is 972. The van der Waals surface area contributed by atoms with E-state index in [1.165, 1.54) is 0 Å². The van der Waals surface area contributed by atoms with Gasteiger partial charge in [-0.25, -0.2) is 19.6 Å². The molecule has 0 bridgehead atoms. The van der Waals surface area contributed by atoms with Gasteiger partial charge in [0.15, 0.2) is 11.9 Å². The van der Waals surface area contributed by atoms with Gasteiger partial charge in [-0.2, -0.15) is 0 Å². The predicted molar refractivity (Wildman–Crippen MR) is 137 cm³/mol. The Kier molecular flexibility index (Phi) is 8.94. The van der Waals surface area contributed by atoms with Crippen LogP contribution in [0, 0.1) is 0 Å². The normalized spacial score (nSPS) is 18.6. The molecule has 0 radical (unpaired) electrons. The summed E-state index contributed by atoms with van der Waals surface area (Å²) in [6, 6.07) is 11.7. The van der Waals surface area contributed by atoms with Crippen molar-refractivity contribution in [1.29, 1.82) is 0 Å². The first-order chi connectivity index (χ1) is 16.3. The van der Waals surface area contributed by atoms with Gasteiger partial charge in [-0.1, -0.05) is 36.0 Å². The quantitative estimate of drug-likeness (QED) is 0.275. The fraction of sp³-hybridized carbons (Fsp3) is 0.273. The van der Waals surface area contributed by atoms with E-state index in [1.54, 1.807) is 48.5 Å². The third-order valence-electron chi connectivity index (χ3n) is 4.99. The Hall–Kier alpha value is -3.50. The maximum atomic E-state index is 12.2. The van der Waals surface area contributed by atoms with Crippen molar-refractivity contribution in [2.75, 3.05) is 10.6 Å². The first-order valence-electron chi connectivity index (χ1n) is 10.6. The summed E-state index contributed by atoms with van der Waals surface area (Å²) in [4.78, 5) is 33.2. The predicted octanol–water partition coefficient (Wildman–Crippen LogP) is 3.88. The summed E-state index contributed by atoms with van der Waals surface area (Å²) < 4.78 is 0. The molecule has 1 fully saturated rings. The fourth-order valence-corrected chi connectivity index (χ4v) is 3.69. The molecule has 0 spiro atoms. The number of guanidine groups is 2. The van der Waals surface area contributed by atoms with Gasteiger partial charge in [0.1, 0.15) is 0 Å². The Morgan fingerprint density at radius 3 is 1.41 bits per heavy atom. The number of amides is 4. The number of nitrogens with two attached hydrogens (primary N) is 2. The molecule has 34 heavy (non-hydrogen) atoms. The number of hydrogen-bond acceptors (Lipinski definition) is 4. The van der Waals surface area contributed by atoms with Crippen LogP contribution in [0.2, 0.25) is 10.0 Å². The van der Waals surface area contributed by atoms with Crippen LogP contribution in [0.3, 0.4) is 0 Å². The summed E-state index contributed by atoms with van der Waals surface area (Å²) in [5.74, 6) is -0.0730. The van der Waals surface area contributed by atoms with E-state index >= 15 is 0 Å². The van der Waals surface area contributed by atoms with Crippen molar-refractivity contribution in [2.45, 2.75) is 37.8 Å². The van der Waals surface area contributed by atoms with Crippen LogP contribution >= 0.6 is 23.2 Å². The number of urea groups is 2. The van der Waals surface area contributed by atoms with Gasteiger partial charge in [0.2, 0.25) is 0 Å². The molecule has 2 atom stereocenters. The molecule has 0 unspecified atom stereocenters. The van der Waals surface area contributed by atoms with E-state index in [0.717, 1.165) is 25.7 Å². The van der Waals surface area contributed by atoms with Crippen LogP contribution in [-0.4, -0.2) is 36.1 Å². The Labute approximate surface area is 207 Å². The number of carbonyl (C=O) groups is 2. The van der Waals surface area contributed by atoms with Gasteiger partial charge in [0, 0.05) is 21.4 Å². The molecule has 10 nitrogen and oxygen atoms in total. The van der Waals surface area contributed by atoms with Crippen LogP contribution in [0.25, 0.3) is 0 Å². The van der Waals surface area contributed by atoms with E-state index in [0.29, 0.717) is 21.4 Å². The zero-order valence-electron chi connectivity index (χ0n) is 18.2. The number of anilines is 2. The van der Waals surface area contributed by atoms with Crippen LogP contribution in [0.5, 0.6) is 0 Å². The Balaban J connectivity index is 1.56. The molecule has 180 valence electrons. The van der Waals surface area contributed by atoms with Crippen molar-refractivity contribution in [3.8, 4) is 0 Å². The van der Waals surface area contributed by atoms with Crippen LogP contribution in [0.4, 0.5) is 21.0 Å². The largest absolute Gasteiger partial charge is 0.370 e. The van der Waals surface area contributed by atoms with Crippen molar-refractivity contribution in [1.82, 2.24) is 10.6 Å². The van der Waals surface area contributed by atoms with Crippen molar-refractivity contribution in [3.63, 3.8) is 0 Å². The van der Waals surface area contributed by atoms with E-state index in [-0.39, 0.29) is 24.0 Å². The van der Waals surface area contributed by atoms with Gasteiger partial charge in [0.05, 0.1) is 12.1 Å². The number of hydrogen-bond donors (Lipinski definition) is 6. The van der Waals surface area contributed by atoms with Gasteiger partial charge in [-0.15, -0.1) is 0 Å². The van der Waals surface area contributed by atoms with Crippen LogP contribution in [0.15, 0.2) is 58.5 Å². The van der Waals surface area contributed by atoms with Crippen LogP contribution < -0.4 is 32.7 Å². The van der Waals surface area contributed by atoms with Gasteiger partial charge in [-0.05, 0) is 61.4 Å². The molecule has 0 saturated heterocycles. The molecule has 0 heterocycles. The molecule has 12 heteroatoms. The maximum Gasteiger partial charge on any atom is 0.325 e. The summed E-state index contributed by atoms with van der Waals surface area (Å²) in [6.07, 6.45) is 3.32. The van der Waals surface area contributed by atoms with E-state index in [1.807, 2.05) is 0 Å². The summed E-state index contributed by atoms with van der Waals surface area (Å²) in [7, 11) is 0. The summed E-state index contributed by atoms with van der Waals surface area (Å²) in [5, 5.41) is 11.4. The molecule has 0 aromatic heterocycles. The first kappa shape index (κ1) is 25.1. The van der Waals surface area contributed by atoms with Gasteiger partial charge in [-0.3, -0.25) is 10.6 Å². The number of nitrogens with one attached hydrogen (secondary N) is 4. The van der Waals surface area contributed by atoms with Crippen molar-refractivity contribution in [3.05, 3.63) is 58.6 Å². The molecule has 1 aliphatic carbocycles. The Morgan fingerprint density at radius 2 is 1.06 bits per heavy atom. The minimum atomic E-state index is -0.528. The highest BCUT2D eigenvalue weighted by Gasteiger charge is 2.25. The number of aliphatic imine (C=N–C) groups is 2. The second-order valence-corrected chi connectivity index (χ2v) is 8.49. The highest BCUT2D eigenvalue weighted by atomic mass is 35.5. The van der Waals surface area contributed by atoms with Crippen LogP contribution in [0.1, 0.15) is 25.7 Å².